The van der Waals surface area contributed by atoms with Crippen LogP contribution in [0, 0.1) is 0 Å². The van der Waals surface area contributed by atoms with Gasteiger partial charge in [-0.05, 0) is 48.4 Å². The van der Waals surface area contributed by atoms with Crippen LogP contribution in [-0.4, -0.2) is 38.7 Å². The van der Waals surface area contributed by atoms with Crippen LogP contribution in [0.3, 0.4) is 0 Å². The van der Waals surface area contributed by atoms with Gasteiger partial charge in [0.05, 0.1) is 6.26 Å². The van der Waals surface area contributed by atoms with Crippen LogP contribution in [0.1, 0.15) is 5.56 Å². The van der Waals surface area contributed by atoms with E-state index in [9.17, 15) is 8.42 Å². The average molecular weight is 349 g/mol. The summed E-state index contributed by atoms with van der Waals surface area (Å²) in [5.74, 6) is 0.663. The lowest BCUT2D eigenvalue weighted by Crippen LogP contribution is -2.35. The number of nitrogens with two attached hydrogens (primary N) is 2. The van der Waals surface area contributed by atoms with E-state index in [1.807, 2.05) is 24.3 Å². The number of nitrogens with zero attached hydrogens (tertiary/aromatic N) is 1. The molecule has 24 heavy (non-hydrogen) atoms. The third-order valence-electron chi connectivity index (χ3n) is 3.59. The van der Waals surface area contributed by atoms with Gasteiger partial charge in [0.15, 0.2) is 0 Å². The van der Waals surface area contributed by atoms with Crippen molar-refractivity contribution in [1.82, 2.24) is 4.31 Å². The summed E-state index contributed by atoms with van der Waals surface area (Å²) in [7, 11) is -3.30. The average Bonchev–Trinajstić information content (AvgIpc) is 2.53. The number of anilines is 2. The quantitative estimate of drug-likeness (QED) is 0.707. The Hall–Kier alpha value is -2.25. The molecule has 0 saturated carbocycles. The van der Waals surface area contributed by atoms with Crippen LogP contribution >= 0.6 is 0 Å². The molecular formula is C17H23N3O3S. The molecule has 7 heteroatoms. The number of ether oxygens (including phenoxy) is 1. The van der Waals surface area contributed by atoms with Crippen LogP contribution in [-0.2, 0) is 16.4 Å². The summed E-state index contributed by atoms with van der Waals surface area (Å²) in [6.07, 6.45) is 1.83. The maximum Gasteiger partial charge on any atom is 0.211 e. The number of hydrogen-bond acceptors (Lipinski definition) is 5. The standard InChI is InChI=1S/C17H23N3O3S/c1-24(21,22)20(11-10-14-2-4-15(18)5-3-14)12-13-23-17-8-6-16(19)7-9-17/h2-9H,10-13,18-19H2,1H3. The van der Waals surface area contributed by atoms with Crippen LogP contribution in [0.2, 0.25) is 0 Å². The van der Waals surface area contributed by atoms with Gasteiger partial charge in [0.1, 0.15) is 12.4 Å². The smallest absolute Gasteiger partial charge is 0.211 e. The first kappa shape index (κ1) is 18.1. The monoisotopic (exact) mass is 349 g/mol. The van der Waals surface area contributed by atoms with Crippen molar-refractivity contribution in [1.29, 1.82) is 0 Å². The van der Waals surface area contributed by atoms with Crippen molar-refractivity contribution in [3.63, 3.8) is 0 Å². The summed E-state index contributed by atoms with van der Waals surface area (Å²) in [5.41, 5.74) is 13.7. The van der Waals surface area contributed by atoms with E-state index in [2.05, 4.69) is 0 Å². The number of benzene rings is 2. The van der Waals surface area contributed by atoms with Gasteiger partial charge in [0.2, 0.25) is 10.0 Å². The van der Waals surface area contributed by atoms with Gasteiger partial charge in [0, 0.05) is 24.5 Å². The molecule has 0 bridgehead atoms. The van der Waals surface area contributed by atoms with Crippen molar-refractivity contribution in [3.05, 3.63) is 54.1 Å². The predicted octanol–water partition coefficient (Wildman–Crippen LogP) is 1.73. The fourth-order valence-corrected chi connectivity index (χ4v) is 3.04. The van der Waals surface area contributed by atoms with Gasteiger partial charge in [-0.15, -0.1) is 0 Å². The third kappa shape index (κ3) is 5.75. The van der Waals surface area contributed by atoms with Crippen molar-refractivity contribution in [3.8, 4) is 5.75 Å². The summed E-state index contributed by atoms with van der Waals surface area (Å²) in [6, 6.07) is 14.4. The van der Waals surface area contributed by atoms with E-state index in [-0.39, 0.29) is 13.2 Å². The highest BCUT2D eigenvalue weighted by atomic mass is 32.2. The molecule has 0 amide bonds. The van der Waals surface area contributed by atoms with Crippen LogP contribution in [0.4, 0.5) is 11.4 Å². The Labute approximate surface area is 143 Å². The van der Waals surface area contributed by atoms with Gasteiger partial charge >= 0.3 is 0 Å². The lowest BCUT2D eigenvalue weighted by molar-refractivity contribution is 0.274. The summed E-state index contributed by atoms with van der Waals surface area (Å²) < 4.78 is 30.8. The summed E-state index contributed by atoms with van der Waals surface area (Å²) in [5, 5.41) is 0. The highest BCUT2D eigenvalue weighted by molar-refractivity contribution is 7.88. The van der Waals surface area contributed by atoms with E-state index in [0.717, 1.165) is 5.56 Å². The zero-order valence-electron chi connectivity index (χ0n) is 13.7. The SMILES string of the molecule is CS(=O)(=O)N(CCOc1ccc(N)cc1)CCc1ccc(N)cc1. The number of nitrogen functional groups attached to an aromatic ring is 2. The molecule has 0 aliphatic rings. The largest absolute Gasteiger partial charge is 0.492 e. The van der Waals surface area contributed by atoms with Crippen molar-refractivity contribution >= 4 is 21.4 Å². The van der Waals surface area contributed by atoms with Crippen molar-refractivity contribution in [2.24, 2.45) is 0 Å². The first-order valence-corrected chi connectivity index (χ1v) is 9.47. The van der Waals surface area contributed by atoms with E-state index in [1.54, 1.807) is 24.3 Å². The van der Waals surface area contributed by atoms with Gasteiger partial charge in [-0.25, -0.2) is 8.42 Å². The Bertz CT molecular complexity index is 744. The van der Waals surface area contributed by atoms with E-state index in [4.69, 9.17) is 16.2 Å². The molecule has 0 atom stereocenters. The second-order valence-electron chi connectivity index (χ2n) is 5.57. The van der Waals surface area contributed by atoms with Crippen molar-refractivity contribution < 1.29 is 13.2 Å². The third-order valence-corrected chi connectivity index (χ3v) is 4.89. The lowest BCUT2D eigenvalue weighted by Gasteiger charge is -2.20. The topological polar surface area (TPSA) is 98.6 Å². The Balaban J connectivity index is 1.88. The fraction of sp³-hybridized carbons (Fsp3) is 0.294. The Morgan fingerprint density at radius 3 is 2.00 bits per heavy atom. The van der Waals surface area contributed by atoms with Crippen molar-refractivity contribution in [2.75, 3.05) is 37.4 Å². The highest BCUT2D eigenvalue weighted by Gasteiger charge is 2.16. The van der Waals surface area contributed by atoms with Gasteiger partial charge in [0.25, 0.3) is 0 Å². The van der Waals surface area contributed by atoms with Crippen LogP contribution < -0.4 is 16.2 Å². The number of hydrogen-bond donors (Lipinski definition) is 2. The second-order valence-corrected chi connectivity index (χ2v) is 7.55. The molecule has 0 saturated heterocycles. The Morgan fingerprint density at radius 1 is 0.917 bits per heavy atom. The maximum absolute atomic E-state index is 11.9. The van der Waals surface area contributed by atoms with E-state index < -0.39 is 10.0 Å². The molecule has 0 unspecified atom stereocenters. The van der Waals surface area contributed by atoms with Gasteiger partial charge < -0.3 is 16.2 Å². The molecule has 6 nitrogen and oxygen atoms in total. The molecule has 0 aliphatic heterocycles. The summed E-state index contributed by atoms with van der Waals surface area (Å²) >= 11 is 0. The number of rotatable bonds is 8. The summed E-state index contributed by atoms with van der Waals surface area (Å²) in [6.45, 7) is 0.963. The van der Waals surface area contributed by atoms with Crippen molar-refractivity contribution in [2.45, 2.75) is 6.42 Å². The number of sulfonamides is 1. The van der Waals surface area contributed by atoms with Gasteiger partial charge in [-0.3, -0.25) is 0 Å². The molecule has 0 spiro atoms. The first-order valence-electron chi connectivity index (χ1n) is 7.62. The van der Waals surface area contributed by atoms with E-state index in [0.29, 0.717) is 30.1 Å². The van der Waals surface area contributed by atoms with E-state index >= 15 is 0 Å². The predicted molar refractivity (Wildman–Crippen MR) is 97.3 cm³/mol. The molecule has 2 aromatic rings. The van der Waals surface area contributed by atoms with Gasteiger partial charge in [-0.1, -0.05) is 12.1 Å². The Morgan fingerprint density at radius 2 is 1.46 bits per heavy atom. The minimum absolute atomic E-state index is 0.277. The van der Waals surface area contributed by atoms with Crippen LogP contribution in [0.25, 0.3) is 0 Å². The second kappa shape index (κ2) is 8.03. The zero-order valence-corrected chi connectivity index (χ0v) is 14.5. The molecule has 0 aliphatic carbocycles. The summed E-state index contributed by atoms with van der Waals surface area (Å²) in [4.78, 5) is 0. The Kier molecular flexibility index (Phi) is 6.05. The highest BCUT2D eigenvalue weighted by Crippen LogP contribution is 2.13. The first-order chi connectivity index (χ1) is 11.3. The van der Waals surface area contributed by atoms with Crippen LogP contribution in [0.5, 0.6) is 5.75 Å². The van der Waals surface area contributed by atoms with Gasteiger partial charge in [-0.2, -0.15) is 4.31 Å². The van der Waals surface area contributed by atoms with E-state index in [1.165, 1.54) is 10.6 Å². The molecule has 0 fully saturated rings. The van der Waals surface area contributed by atoms with Crippen LogP contribution in [0.15, 0.2) is 48.5 Å². The lowest BCUT2D eigenvalue weighted by atomic mass is 10.1. The molecule has 0 radical (unpaired) electrons. The molecule has 130 valence electrons. The molecule has 4 N–H and O–H groups in total. The minimum atomic E-state index is -3.30. The fourth-order valence-electron chi connectivity index (χ4n) is 2.21. The molecule has 2 rings (SSSR count). The minimum Gasteiger partial charge on any atom is -0.492 e. The normalized spacial score (nSPS) is 11.6. The maximum atomic E-state index is 11.9. The molecule has 2 aromatic carbocycles. The molecule has 0 aromatic heterocycles. The zero-order chi connectivity index (χ0) is 17.6. The molecular weight excluding hydrogens is 326 g/mol. The molecule has 0 heterocycles.